The number of thioether (sulfide) groups is 1. The Balaban J connectivity index is 1.80. The van der Waals surface area contributed by atoms with Gasteiger partial charge in [-0.15, -0.1) is 11.8 Å². The number of benzene rings is 2. The minimum absolute atomic E-state index is 0.0318. The lowest BCUT2D eigenvalue weighted by atomic mass is 10.1. The number of anilines is 2. The van der Waals surface area contributed by atoms with Crippen LogP contribution in [0.15, 0.2) is 47.4 Å². The Morgan fingerprint density at radius 2 is 2.09 bits per heavy atom. The summed E-state index contributed by atoms with van der Waals surface area (Å²) in [6, 6.07) is 13.2. The van der Waals surface area contributed by atoms with Crippen LogP contribution in [0.25, 0.3) is 0 Å². The predicted octanol–water partition coefficient (Wildman–Crippen LogP) is 3.93. The Morgan fingerprint density at radius 3 is 2.87 bits per heavy atom. The van der Waals surface area contributed by atoms with Crippen LogP contribution in [0, 0.1) is 0 Å². The molecular weight excluding hydrogens is 308 g/mol. The van der Waals surface area contributed by atoms with Gasteiger partial charge in [-0.05, 0) is 49.2 Å². The monoisotopic (exact) mass is 326 g/mol. The first kappa shape index (κ1) is 15.6. The van der Waals surface area contributed by atoms with Crippen LogP contribution in [-0.2, 0) is 11.2 Å². The largest absolute Gasteiger partial charge is 0.324 e. The zero-order chi connectivity index (χ0) is 16.4. The third kappa shape index (κ3) is 3.40. The first-order chi connectivity index (χ1) is 11.1. The normalized spacial score (nSPS) is 16.4. The highest BCUT2D eigenvalue weighted by Gasteiger charge is 2.23. The van der Waals surface area contributed by atoms with E-state index >= 15 is 0 Å². The van der Waals surface area contributed by atoms with Crippen LogP contribution in [0.2, 0.25) is 0 Å². The van der Waals surface area contributed by atoms with E-state index in [4.69, 9.17) is 0 Å². The third-order valence-corrected chi connectivity index (χ3v) is 4.94. The summed E-state index contributed by atoms with van der Waals surface area (Å²) in [6.45, 7) is 3.94. The van der Waals surface area contributed by atoms with Crippen LogP contribution in [0.5, 0.6) is 0 Å². The molecule has 0 unspecified atom stereocenters. The van der Waals surface area contributed by atoms with Crippen molar-refractivity contribution < 1.29 is 9.59 Å². The van der Waals surface area contributed by atoms with Crippen LogP contribution in [0.4, 0.5) is 11.4 Å². The maximum atomic E-state index is 12.4. The summed E-state index contributed by atoms with van der Waals surface area (Å²) in [5.74, 6) is -0.213. The molecule has 118 valence electrons. The molecule has 1 aliphatic rings. The van der Waals surface area contributed by atoms with Crippen molar-refractivity contribution in [2.45, 2.75) is 30.4 Å². The van der Waals surface area contributed by atoms with Crippen molar-refractivity contribution in [3.8, 4) is 0 Å². The fourth-order valence-electron chi connectivity index (χ4n) is 2.42. The number of carbonyl (C=O) groups is 2. The highest BCUT2D eigenvalue weighted by atomic mass is 32.2. The van der Waals surface area contributed by atoms with Crippen molar-refractivity contribution in [1.29, 1.82) is 0 Å². The van der Waals surface area contributed by atoms with Gasteiger partial charge >= 0.3 is 0 Å². The number of carbonyl (C=O) groups excluding carboxylic acids is 2. The maximum Gasteiger partial charge on any atom is 0.255 e. The summed E-state index contributed by atoms with van der Waals surface area (Å²) in [5, 5.41) is 5.64. The summed E-state index contributed by atoms with van der Waals surface area (Å²) in [6.07, 6.45) is 0.921. The summed E-state index contributed by atoms with van der Waals surface area (Å²) in [7, 11) is 0. The number of rotatable bonds is 3. The molecule has 2 aromatic rings. The number of fused-ring (bicyclic) bond motifs is 1. The Hall–Kier alpha value is -2.27. The molecule has 0 aliphatic carbocycles. The van der Waals surface area contributed by atoms with Crippen molar-refractivity contribution in [3.05, 3.63) is 53.6 Å². The zero-order valence-corrected chi connectivity index (χ0v) is 13.9. The molecule has 2 amide bonds. The fourth-order valence-corrected chi connectivity index (χ4v) is 3.35. The van der Waals surface area contributed by atoms with E-state index in [9.17, 15) is 9.59 Å². The van der Waals surface area contributed by atoms with Crippen LogP contribution in [0.3, 0.4) is 0 Å². The van der Waals surface area contributed by atoms with Crippen LogP contribution >= 0.6 is 11.8 Å². The van der Waals surface area contributed by atoms with Crippen LogP contribution < -0.4 is 10.6 Å². The predicted molar refractivity (Wildman–Crippen MR) is 94.2 cm³/mol. The lowest BCUT2D eigenvalue weighted by molar-refractivity contribution is -0.115. The van der Waals surface area contributed by atoms with E-state index in [0.29, 0.717) is 11.3 Å². The van der Waals surface area contributed by atoms with Gasteiger partial charge in [0.05, 0.1) is 10.9 Å². The maximum absolute atomic E-state index is 12.4. The molecule has 2 aromatic carbocycles. The van der Waals surface area contributed by atoms with Crippen molar-refractivity contribution in [1.82, 2.24) is 0 Å². The minimum Gasteiger partial charge on any atom is -0.324 e. The number of hydrogen-bond donors (Lipinski definition) is 2. The molecule has 0 bridgehead atoms. The molecule has 0 radical (unpaired) electrons. The number of hydrogen-bond acceptors (Lipinski definition) is 3. The highest BCUT2D eigenvalue weighted by Crippen LogP contribution is 2.36. The Labute approximate surface area is 139 Å². The average Bonchev–Trinajstić information content (AvgIpc) is 2.55. The summed E-state index contributed by atoms with van der Waals surface area (Å²) >= 11 is 1.51. The standard InChI is InChI=1S/C18H18N2O2S/c1-3-12-5-4-6-14(9-12)19-18(22)13-7-8-16-15(10-13)20-17(21)11(2)23-16/h4-11H,3H2,1-2H3,(H,19,22)(H,20,21)/t11-/m1/s1. The molecule has 3 rings (SSSR count). The fraction of sp³-hybridized carbons (Fsp3) is 0.222. The molecule has 5 heteroatoms. The smallest absolute Gasteiger partial charge is 0.255 e. The van der Waals surface area contributed by atoms with Gasteiger partial charge in [0.25, 0.3) is 5.91 Å². The van der Waals surface area contributed by atoms with Crippen LogP contribution in [0.1, 0.15) is 29.8 Å². The SMILES string of the molecule is CCc1cccc(NC(=O)c2ccc3c(c2)NC(=O)[C@@H](C)S3)c1. The lowest BCUT2D eigenvalue weighted by Crippen LogP contribution is -2.26. The van der Waals surface area contributed by atoms with Gasteiger partial charge in [-0.3, -0.25) is 9.59 Å². The van der Waals surface area contributed by atoms with Gasteiger partial charge in [0.15, 0.2) is 0 Å². The summed E-state index contributed by atoms with van der Waals surface area (Å²) < 4.78 is 0. The van der Waals surface area contributed by atoms with Gasteiger partial charge < -0.3 is 10.6 Å². The van der Waals surface area contributed by atoms with Gasteiger partial charge in [-0.25, -0.2) is 0 Å². The number of aryl methyl sites for hydroxylation is 1. The molecule has 1 aliphatic heterocycles. The van der Waals surface area contributed by atoms with Gasteiger partial charge in [0.1, 0.15) is 0 Å². The van der Waals surface area contributed by atoms with Gasteiger partial charge in [-0.1, -0.05) is 19.1 Å². The molecule has 0 saturated heterocycles. The van der Waals surface area contributed by atoms with Crippen molar-refractivity contribution in [2.24, 2.45) is 0 Å². The highest BCUT2D eigenvalue weighted by molar-refractivity contribution is 8.00. The molecule has 4 nitrogen and oxygen atoms in total. The summed E-state index contributed by atoms with van der Waals surface area (Å²) in [4.78, 5) is 25.2. The van der Waals surface area contributed by atoms with Crippen molar-refractivity contribution >= 4 is 35.0 Å². The van der Waals surface area contributed by atoms with E-state index in [1.807, 2.05) is 37.3 Å². The molecule has 2 N–H and O–H groups in total. The third-order valence-electron chi connectivity index (χ3n) is 3.77. The molecule has 0 fully saturated rings. The molecule has 23 heavy (non-hydrogen) atoms. The summed E-state index contributed by atoms with van der Waals surface area (Å²) in [5.41, 5.74) is 3.18. The lowest BCUT2D eigenvalue weighted by Gasteiger charge is -2.21. The van der Waals surface area contributed by atoms with Crippen molar-refractivity contribution in [3.63, 3.8) is 0 Å². The Morgan fingerprint density at radius 1 is 1.26 bits per heavy atom. The average molecular weight is 326 g/mol. The van der Waals surface area contributed by atoms with Gasteiger partial charge in [-0.2, -0.15) is 0 Å². The van der Waals surface area contributed by atoms with E-state index in [-0.39, 0.29) is 17.1 Å². The number of amides is 2. The molecular formula is C18H18N2O2S. The molecule has 0 aromatic heterocycles. The Bertz CT molecular complexity index is 773. The Kier molecular flexibility index (Phi) is 4.39. The first-order valence-corrected chi connectivity index (χ1v) is 8.46. The second kappa shape index (κ2) is 6.46. The van der Waals surface area contributed by atoms with Crippen molar-refractivity contribution in [2.75, 3.05) is 10.6 Å². The molecule has 0 spiro atoms. The molecule has 1 atom stereocenters. The molecule has 0 saturated carbocycles. The second-order valence-electron chi connectivity index (χ2n) is 5.47. The van der Waals surface area contributed by atoms with E-state index in [2.05, 4.69) is 17.6 Å². The molecule has 1 heterocycles. The van der Waals surface area contributed by atoms with E-state index < -0.39 is 0 Å². The number of nitrogens with one attached hydrogen (secondary N) is 2. The van der Waals surface area contributed by atoms with E-state index in [1.54, 1.807) is 12.1 Å². The zero-order valence-electron chi connectivity index (χ0n) is 13.1. The second-order valence-corrected chi connectivity index (χ2v) is 6.85. The van der Waals surface area contributed by atoms with E-state index in [1.165, 1.54) is 17.3 Å². The quantitative estimate of drug-likeness (QED) is 0.898. The van der Waals surface area contributed by atoms with Crippen LogP contribution in [-0.4, -0.2) is 17.1 Å². The first-order valence-electron chi connectivity index (χ1n) is 7.58. The van der Waals surface area contributed by atoms with Gasteiger partial charge in [0.2, 0.25) is 5.91 Å². The minimum atomic E-state index is -0.182. The topological polar surface area (TPSA) is 58.2 Å². The van der Waals surface area contributed by atoms with E-state index in [0.717, 1.165) is 17.0 Å². The van der Waals surface area contributed by atoms with Gasteiger partial charge in [0, 0.05) is 16.1 Å².